The van der Waals surface area contributed by atoms with Crippen molar-refractivity contribution in [2.75, 3.05) is 13.7 Å². The van der Waals surface area contributed by atoms with Gasteiger partial charge in [0.1, 0.15) is 17.3 Å². The molecule has 140 valence electrons. The molecule has 1 heterocycles. The molecule has 26 heavy (non-hydrogen) atoms. The van der Waals surface area contributed by atoms with Crippen molar-refractivity contribution in [2.24, 2.45) is 0 Å². The zero-order chi connectivity index (χ0) is 19.1. The van der Waals surface area contributed by atoms with Gasteiger partial charge in [0.25, 0.3) is 0 Å². The molecule has 0 spiro atoms. The van der Waals surface area contributed by atoms with Crippen LogP contribution in [0.3, 0.4) is 0 Å². The molecule has 0 atom stereocenters. The van der Waals surface area contributed by atoms with Crippen molar-refractivity contribution < 1.29 is 23.8 Å². The molecule has 0 fully saturated rings. The van der Waals surface area contributed by atoms with Gasteiger partial charge in [-0.25, -0.2) is 4.39 Å². The fourth-order valence-electron chi connectivity index (χ4n) is 2.77. The lowest BCUT2D eigenvalue weighted by Crippen LogP contribution is -1.88. The van der Waals surface area contributed by atoms with E-state index in [0.29, 0.717) is 0 Å². The van der Waals surface area contributed by atoms with Crippen LogP contribution in [0.15, 0.2) is 34.8 Å². The molecule has 1 N–H and O–H groups in total. The number of ether oxygens (including phenoxy) is 2. The standard InChI is InChI=1S/C9H8BrF.C8H8O2.C3H6O2/c10-8-4-5-9(11)7-3-1-2-6(7)8;9-7-2-1-6-3-4-10-8(6)5-7;1-3(4)5-2/h4-5H,1-3H2;1-2,5,9H,3-4H2;1-2H3. The van der Waals surface area contributed by atoms with Crippen molar-refractivity contribution in [1.82, 2.24) is 0 Å². The van der Waals surface area contributed by atoms with E-state index in [4.69, 9.17) is 9.84 Å². The monoisotopic (exact) mass is 424 g/mol. The quantitative estimate of drug-likeness (QED) is 0.628. The second kappa shape index (κ2) is 9.57. The smallest absolute Gasteiger partial charge is 0.302 e. The van der Waals surface area contributed by atoms with Gasteiger partial charge >= 0.3 is 5.97 Å². The summed E-state index contributed by atoms with van der Waals surface area (Å²) in [5.41, 5.74) is 3.28. The molecule has 2 aliphatic rings. The molecule has 0 saturated heterocycles. The highest BCUT2D eigenvalue weighted by Crippen LogP contribution is 2.30. The number of rotatable bonds is 0. The van der Waals surface area contributed by atoms with Crippen LogP contribution in [0, 0.1) is 5.82 Å². The minimum Gasteiger partial charge on any atom is -0.508 e. The second-order valence-corrected chi connectivity index (χ2v) is 6.78. The summed E-state index contributed by atoms with van der Waals surface area (Å²) in [6.45, 7) is 2.11. The number of fused-ring (bicyclic) bond motifs is 2. The molecule has 4 nitrogen and oxygen atoms in total. The van der Waals surface area contributed by atoms with Gasteiger partial charge in [-0.3, -0.25) is 4.79 Å². The Bertz CT molecular complexity index is 748. The Balaban J connectivity index is 0.000000151. The zero-order valence-corrected chi connectivity index (χ0v) is 16.4. The number of halogens is 2. The maximum Gasteiger partial charge on any atom is 0.302 e. The molecule has 0 amide bonds. The van der Waals surface area contributed by atoms with E-state index in [1.54, 1.807) is 18.2 Å². The van der Waals surface area contributed by atoms with Crippen LogP contribution >= 0.6 is 15.9 Å². The predicted octanol–water partition coefficient (Wildman–Crippen LogP) is 4.58. The van der Waals surface area contributed by atoms with Crippen LogP contribution < -0.4 is 4.74 Å². The van der Waals surface area contributed by atoms with Crippen molar-refractivity contribution in [3.8, 4) is 11.5 Å². The molecule has 2 aromatic carbocycles. The van der Waals surface area contributed by atoms with Gasteiger partial charge in [-0.1, -0.05) is 22.0 Å². The van der Waals surface area contributed by atoms with E-state index in [9.17, 15) is 9.18 Å². The molecule has 2 aromatic rings. The summed E-state index contributed by atoms with van der Waals surface area (Å²) in [6.07, 6.45) is 3.98. The first-order chi connectivity index (χ1) is 12.4. The Labute approximate surface area is 161 Å². The fraction of sp³-hybridized carbons (Fsp3) is 0.350. The summed E-state index contributed by atoms with van der Waals surface area (Å²) in [6, 6.07) is 8.57. The van der Waals surface area contributed by atoms with Gasteiger partial charge in [-0.2, -0.15) is 0 Å². The molecule has 0 unspecified atom stereocenters. The van der Waals surface area contributed by atoms with Crippen LogP contribution in [-0.2, 0) is 28.8 Å². The lowest BCUT2D eigenvalue weighted by atomic mass is 10.1. The van der Waals surface area contributed by atoms with Gasteiger partial charge < -0.3 is 14.6 Å². The Kier molecular flexibility index (Phi) is 7.45. The molecule has 0 radical (unpaired) electrons. The van der Waals surface area contributed by atoms with Crippen molar-refractivity contribution in [1.29, 1.82) is 0 Å². The molecule has 0 aromatic heterocycles. The van der Waals surface area contributed by atoms with E-state index in [0.717, 1.165) is 48.1 Å². The van der Waals surface area contributed by atoms with E-state index in [1.165, 1.54) is 31.2 Å². The van der Waals surface area contributed by atoms with Gasteiger partial charge in [0, 0.05) is 23.9 Å². The maximum atomic E-state index is 13.0. The number of hydrogen-bond donors (Lipinski definition) is 1. The van der Waals surface area contributed by atoms with Crippen LogP contribution in [0.25, 0.3) is 0 Å². The topological polar surface area (TPSA) is 55.8 Å². The second-order valence-electron chi connectivity index (χ2n) is 5.93. The first-order valence-corrected chi connectivity index (χ1v) is 9.16. The zero-order valence-electron chi connectivity index (χ0n) is 14.9. The van der Waals surface area contributed by atoms with Crippen LogP contribution in [0.1, 0.15) is 30.0 Å². The number of hydrogen-bond acceptors (Lipinski definition) is 4. The Morgan fingerprint density at radius 1 is 1.19 bits per heavy atom. The minimum atomic E-state index is -0.245. The molecule has 0 saturated carbocycles. The summed E-state index contributed by atoms with van der Waals surface area (Å²) in [7, 11) is 1.35. The van der Waals surface area contributed by atoms with Crippen molar-refractivity contribution in [2.45, 2.75) is 32.6 Å². The van der Waals surface area contributed by atoms with Gasteiger partial charge in [-0.05, 0) is 54.2 Å². The van der Waals surface area contributed by atoms with Gasteiger partial charge in [0.05, 0.1) is 13.7 Å². The first kappa shape index (κ1) is 20.2. The first-order valence-electron chi connectivity index (χ1n) is 8.37. The van der Waals surface area contributed by atoms with Crippen molar-refractivity contribution in [3.63, 3.8) is 0 Å². The van der Waals surface area contributed by atoms with Gasteiger partial charge in [0.15, 0.2) is 0 Å². The number of benzene rings is 2. The summed E-state index contributed by atoms with van der Waals surface area (Å²) < 4.78 is 23.4. The van der Waals surface area contributed by atoms with E-state index in [2.05, 4.69) is 20.7 Å². The van der Waals surface area contributed by atoms with E-state index < -0.39 is 0 Å². The molecular weight excluding hydrogens is 403 g/mol. The molecular formula is C20H22BrFO4. The van der Waals surface area contributed by atoms with Crippen LogP contribution in [0.5, 0.6) is 11.5 Å². The number of esters is 1. The van der Waals surface area contributed by atoms with Crippen LogP contribution in [0.4, 0.5) is 4.39 Å². The van der Waals surface area contributed by atoms with E-state index in [-0.39, 0.29) is 17.5 Å². The summed E-state index contributed by atoms with van der Waals surface area (Å²) in [5.74, 6) is 0.825. The van der Waals surface area contributed by atoms with E-state index >= 15 is 0 Å². The highest BCUT2D eigenvalue weighted by atomic mass is 79.9. The lowest BCUT2D eigenvalue weighted by molar-refractivity contribution is -0.137. The number of phenols is 1. The Hall–Kier alpha value is -2.08. The highest BCUT2D eigenvalue weighted by molar-refractivity contribution is 9.10. The molecule has 6 heteroatoms. The third-order valence-corrected chi connectivity index (χ3v) is 4.88. The van der Waals surface area contributed by atoms with Crippen LogP contribution in [0.2, 0.25) is 0 Å². The predicted molar refractivity (Wildman–Crippen MR) is 101 cm³/mol. The van der Waals surface area contributed by atoms with Gasteiger partial charge in [0.2, 0.25) is 0 Å². The van der Waals surface area contributed by atoms with Crippen LogP contribution in [-0.4, -0.2) is 24.8 Å². The van der Waals surface area contributed by atoms with Gasteiger partial charge in [-0.15, -0.1) is 0 Å². The molecule has 1 aliphatic heterocycles. The van der Waals surface area contributed by atoms with E-state index in [1.807, 2.05) is 6.07 Å². The number of phenolic OH excluding ortho intramolecular Hbond substituents is 1. The minimum absolute atomic E-state index is 0.0410. The number of carbonyl (C=O) groups is 1. The average Bonchev–Trinajstić information content (AvgIpc) is 3.28. The third kappa shape index (κ3) is 5.46. The SMILES string of the molecule is COC(C)=O.Fc1ccc(Br)c2c1CCC2.Oc1ccc2c(c1)OCC2. The number of aromatic hydroxyl groups is 1. The summed E-state index contributed by atoms with van der Waals surface area (Å²) in [5, 5.41) is 9.02. The molecule has 4 rings (SSSR count). The number of methoxy groups -OCH3 is 1. The van der Waals surface area contributed by atoms with Crippen molar-refractivity contribution in [3.05, 3.63) is 57.3 Å². The Morgan fingerprint density at radius 2 is 1.88 bits per heavy atom. The maximum absolute atomic E-state index is 13.0. The number of carbonyl (C=O) groups excluding carboxylic acids is 1. The van der Waals surface area contributed by atoms with Crippen molar-refractivity contribution >= 4 is 21.9 Å². The Morgan fingerprint density at radius 3 is 2.54 bits per heavy atom. The third-order valence-electron chi connectivity index (χ3n) is 4.14. The fourth-order valence-corrected chi connectivity index (χ4v) is 3.34. The highest BCUT2D eigenvalue weighted by Gasteiger charge is 2.17. The molecule has 1 aliphatic carbocycles. The average molecular weight is 425 g/mol. The summed E-state index contributed by atoms with van der Waals surface area (Å²) in [4.78, 5) is 9.59. The molecule has 0 bridgehead atoms. The normalized spacial score (nSPS) is 13.2. The largest absolute Gasteiger partial charge is 0.508 e. The lowest BCUT2D eigenvalue weighted by Gasteiger charge is -2.01. The summed E-state index contributed by atoms with van der Waals surface area (Å²) >= 11 is 3.41.